The van der Waals surface area contributed by atoms with Crippen LogP contribution in [0.1, 0.15) is 36.9 Å². The Hall–Kier alpha value is -1.10. The number of hydrogen-bond donors (Lipinski definition) is 2. The molecule has 0 saturated carbocycles. The van der Waals surface area contributed by atoms with Gasteiger partial charge in [-0.25, -0.2) is 0 Å². The molecule has 4 nitrogen and oxygen atoms in total. The van der Waals surface area contributed by atoms with E-state index in [4.69, 9.17) is 15.3 Å². The average Bonchev–Trinajstić information content (AvgIpc) is 3.08. The van der Waals surface area contributed by atoms with Gasteiger partial charge in [0, 0.05) is 24.5 Å². The maximum atomic E-state index is 5.83. The Kier molecular flexibility index (Phi) is 3.73. The van der Waals surface area contributed by atoms with E-state index in [1.165, 1.54) is 11.1 Å². The van der Waals surface area contributed by atoms with Crippen LogP contribution in [0.3, 0.4) is 0 Å². The molecule has 2 heterocycles. The van der Waals surface area contributed by atoms with E-state index in [0.717, 1.165) is 38.2 Å². The van der Waals surface area contributed by atoms with E-state index in [9.17, 15) is 0 Å². The smallest absolute Gasteiger partial charge is 0.127 e. The number of hydrogen-bond acceptors (Lipinski definition) is 4. The van der Waals surface area contributed by atoms with Crippen LogP contribution < -0.4 is 16.0 Å². The minimum Gasteiger partial charge on any atom is -0.493 e. The summed E-state index contributed by atoms with van der Waals surface area (Å²) >= 11 is 0. The largest absolute Gasteiger partial charge is 0.493 e. The monoisotopic (exact) mass is 262 g/mol. The molecule has 3 N–H and O–H groups in total. The van der Waals surface area contributed by atoms with Gasteiger partial charge in [0.25, 0.3) is 0 Å². The van der Waals surface area contributed by atoms with Gasteiger partial charge in [0.1, 0.15) is 5.75 Å². The second kappa shape index (κ2) is 5.49. The van der Waals surface area contributed by atoms with Gasteiger partial charge in [-0.1, -0.05) is 25.1 Å². The van der Waals surface area contributed by atoms with Crippen LogP contribution in [0.5, 0.6) is 5.75 Å². The highest BCUT2D eigenvalue weighted by Crippen LogP contribution is 2.40. The minimum atomic E-state index is 0.112. The Morgan fingerprint density at radius 1 is 1.42 bits per heavy atom. The summed E-state index contributed by atoms with van der Waals surface area (Å²) in [6.45, 7) is 3.78. The zero-order valence-corrected chi connectivity index (χ0v) is 11.4. The van der Waals surface area contributed by atoms with E-state index in [2.05, 4.69) is 30.5 Å². The van der Waals surface area contributed by atoms with Gasteiger partial charge < -0.3 is 9.47 Å². The molecule has 4 heteroatoms. The molecular formula is C15H22N2O2. The number of nitrogens with one attached hydrogen (secondary N) is 1. The molecule has 0 bridgehead atoms. The van der Waals surface area contributed by atoms with Crippen LogP contribution in [0, 0.1) is 5.92 Å². The molecule has 1 fully saturated rings. The molecule has 0 amide bonds. The molecule has 3 atom stereocenters. The predicted octanol–water partition coefficient (Wildman–Crippen LogP) is 1.94. The van der Waals surface area contributed by atoms with Gasteiger partial charge in [-0.05, 0) is 18.4 Å². The van der Waals surface area contributed by atoms with Crippen LogP contribution in [0.25, 0.3) is 0 Å². The van der Waals surface area contributed by atoms with E-state index in [1.54, 1.807) is 0 Å². The third-order valence-corrected chi connectivity index (χ3v) is 4.35. The second-order valence-electron chi connectivity index (χ2n) is 5.35. The molecular weight excluding hydrogens is 240 g/mol. The zero-order chi connectivity index (χ0) is 13.2. The predicted molar refractivity (Wildman–Crippen MR) is 73.8 cm³/mol. The number of ether oxygens (including phenoxy) is 2. The van der Waals surface area contributed by atoms with E-state index in [-0.39, 0.29) is 6.04 Å². The molecule has 1 aromatic carbocycles. The molecule has 0 spiro atoms. The maximum Gasteiger partial charge on any atom is 0.127 e. The Bertz CT molecular complexity index is 450. The van der Waals surface area contributed by atoms with Gasteiger partial charge in [-0.15, -0.1) is 0 Å². The van der Waals surface area contributed by atoms with Crippen molar-refractivity contribution in [3.05, 3.63) is 29.3 Å². The topological polar surface area (TPSA) is 56.5 Å². The van der Waals surface area contributed by atoms with Crippen molar-refractivity contribution in [3.8, 4) is 5.75 Å². The molecule has 0 radical (unpaired) electrons. The summed E-state index contributed by atoms with van der Waals surface area (Å²) in [5.74, 6) is 7.29. The third kappa shape index (κ3) is 2.24. The fourth-order valence-corrected chi connectivity index (χ4v) is 3.40. The number of benzene rings is 1. The van der Waals surface area contributed by atoms with Crippen molar-refractivity contribution in [2.75, 3.05) is 13.2 Å². The van der Waals surface area contributed by atoms with Gasteiger partial charge in [-0.2, -0.15) is 0 Å². The quantitative estimate of drug-likeness (QED) is 0.643. The summed E-state index contributed by atoms with van der Waals surface area (Å²) in [5.41, 5.74) is 5.48. The Morgan fingerprint density at radius 2 is 2.32 bits per heavy atom. The van der Waals surface area contributed by atoms with Gasteiger partial charge >= 0.3 is 0 Å². The highest BCUT2D eigenvalue weighted by Gasteiger charge is 2.36. The first-order valence-electron chi connectivity index (χ1n) is 7.17. The highest BCUT2D eigenvalue weighted by molar-refractivity contribution is 5.46. The Balaban J connectivity index is 1.92. The number of rotatable bonds is 4. The van der Waals surface area contributed by atoms with Crippen LogP contribution in [0.2, 0.25) is 0 Å². The summed E-state index contributed by atoms with van der Waals surface area (Å²) in [6.07, 6.45) is 3.37. The zero-order valence-electron chi connectivity index (χ0n) is 11.4. The molecule has 1 saturated heterocycles. The third-order valence-electron chi connectivity index (χ3n) is 4.35. The molecule has 104 valence electrons. The van der Waals surface area contributed by atoms with Crippen LogP contribution >= 0.6 is 0 Å². The standard InChI is InChI=1S/C15H22N2O2/c1-2-13-11(7-9-18-13)14(17-16)12-5-3-4-10-6-8-19-15(10)12/h3-5,11,13-14,17H,2,6-9,16H2,1H3. The number of para-hydroxylation sites is 1. The van der Waals surface area contributed by atoms with Crippen LogP contribution in [-0.2, 0) is 11.2 Å². The molecule has 3 unspecified atom stereocenters. The molecule has 3 rings (SSSR count). The van der Waals surface area contributed by atoms with Crippen LogP contribution in [0.15, 0.2) is 18.2 Å². The van der Waals surface area contributed by atoms with Crippen molar-refractivity contribution in [1.82, 2.24) is 5.43 Å². The van der Waals surface area contributed by atoms with Gasteiger partial charge in [0.2, 0.25) is 0 Å². The van der Waals surface area contributed by atoms with Crippen molar-refractivity contribution in [2.45, 2.75) is 38.3 Å². The first kappa shape index (κ1) is 12.9. The highest BCUT2D eigenvalue weighted by atomic mass is 16.5. The molecule has 19 heavy (non-hydrogen) atoms. The fraction of sp³-hybridized carbons (Fsp3) is 0.600. The van der Waals surface area contributed by atoms with Crippen LogP contribution in [0.4, 0.5) is 0 Å². The van der Waals surface area contributed by atoms with Crippen LogP contribution in [-0.4, -0.2) is 19.3 Å². The molecule has 0 aromatic heterocycles. The first-order valence-corrected chi connectivity index (χ1v) is 7.17. The molecule has 2 aliphatic heterocycles. The fourth-order valence-electron chi connectivity index (χ4n) is 3.40. The Labute approximate surface area is 114 Å². The summed E-state index contributed by atoms with van der Waals surface area (Å²) < 4.78 is 11.6. The number of hydrazine groups is 1. The normalized spacial score (nSPS) is 27.1. The minimum absolute atomic E-state index is 0.112. The number of fused-ring (bicyclic) bond motifs is 1. The van der Waals surface area contributed by atoms with E-state index >= 15 is 0 Å². The molecule has 0 aliphatic carbocycles. The summed E-state index contributed by atoms with van der Waals surface area (Å²) in [6, 6.07) is 6.48. The summed E-state index contributed by atoms with van der Waals surface area (Å²) in [7, 11) is 0. The SMILES string of the molecule is CCC1OCCC1C(NN)c1cccc2c1OCC2. The summed E-state index contributed by atoms with van der Waals surface area (Å²) in [5, 5.41) is 0. The van der Waals surface area contributed by atoms with Gasteiger partial charge in [0.05, 0.1) is 18.8 Å². The lowest BCUT2D eigenvalue weighted by atomic mass is 9.86. The summed E-state index contributed by atoms with van der Waals surface area (Å²) in [4.78, 5) is 0. The van der Waals surface area contributed by atoms with Gasteiger partial charge in [-0.3, -0.25) is 11.3 Å². The van der Waals surface area contributed by atoms with Crippen molar-refractivity contribution in [1.29, 1.82) is 0 Å². The van der Waals surface area contributed by atoms with Crippen molar-refractivity contribution < 1.29 is 9.47 Å². The molecule has 2 aliphatic rings. The van der Waals surface area contributed by atoms with E-state index < -0.39 is 0 Å². The lowest BCUT2D eigenvalue weighted by Gasteiger charge is -2.28. The first-order chi connectivity index (χ1) is 9.35. The molecule has 1 aromatic rings. The van der Waals surface area contributed by atoms with Gasteiger partial charge in [0.15, 0.2) is 0 Å². The lowest BCUT2D eigenvalue weighted by Crippen LogP contribution is -2.37. The lowest BCUT2D eigenvalue weighted by molar-refractivity contribution is 0.0771. The number of nitrogens with two attached hydrogens (primary N) is 1. The second-order valence-corrected chi connectivity index (χ2v) is 5.35. The van der Waals surface area contributed by atoms with Crippen molar-refractivity contribution in [2.24, 2.45) is 11.8 Å². The van der Waals surface area contributed by atoms with Crippen molar-refractivity contribution in [3.63, 3.8) is 0 Å². The van der Waals surface area contributed by atoms with E-state index in [1.807, 2.05) is 0 Å². The average molecular weight is 262 g/mol. The Morgan fingerprint density at radius 3 is 3.11 bits per heavy atom. The van der Waals surface area contributed by atoms with Crippen molar-refractivity contribution >= 4 is 0 Å². The maximum absolute atomic E-state index is 5.83. The van der Waals surface area contributed by atoms with E-state index in [0.29, 0.717) is 12.0 Å².